The first-order chi connectivity index (χ1) is 13.2. The second kappa shape index (κ2) is 7.90. The average Bonchev–Trinajstić information content (AvgIpc) is 3.05. The van der Waals surface area contributed by atoms with E-state index in [2.05, 4.69) is 70.3 Å². The van der Waals surface area contributed by atoms with Crippen LogP contribution in [0, 0.1) is 8.99 Å². The largest absolute Gasteiger partial charge is 0.478 e. The van der Waals surface area contributed by atoms with Gasteiger partial charge in [-0.25, -0.2) is 4.79 Å². The quantitative estimate of drug-likeness (QED) is 0.335. The third-order valence-corrected chi connectivity index (χ3v) is 12.8. The maximum atomic E-state index is 12.3. The van der Waals surface area contributed by atoms with Crippen LogP contribution in [-0.4, -0.2) is 24.4 Å². The Kier molecular flexibility index (Phi) is 6.32. The lowest BCUT2D eigenvalue weighted by atomic mass is 9.74. The molecule has 1 unspecified atom stereocenters. The summed E-state index contributed by atoms with van der Waals surface area (Å²) in [5.74, 6) is -0.563. The smallest absolute Gasteiger partial charge is 0.338 e. The molecule has 3 rings (SSSR count). The number of rotatable bonds is 4. The maximum absolute atomic E-state index is 12.3. The Labute approximate surface area is 190 Å². The molecule has 1 aromatic rings. The number of aromatic nitrogens is 1. The fourth-order valence-electron chi connectivity index (χ4n) is 4.56. The van der Waals surface area contributed by atoms with E-state index in [-0.39, 0.29) is 22.5 Å². The van der Waals surface area contributed by atoms with Gasteiger partial charge in [0, 0.05) is 20.7 Å². The zero-order valence-corrected chi connectivity index (χ0v) is 22.1. The monoisotopic (exact) mass is 529 g/mol. The van der Waals surface area contributed by atoms with Crippen LogP contribution >= 0.6 is 22.6 Å². The van der Waals surface area contributed by atoms with Gasteiger partial charge in [0.05, 0.1) is 17.4 Å². The average molecular weight is 530 g/mol. The van der Waals surface area contributed by atoms with Gasteiger partial charge in [0.15, 0.2) is 8.32 Å². The van der Waals surface area contributed by atoms with Gasteiger partial charge in [-0.05, 0) is 71.8 Å². The number of pyridine rings is 1. The maximum Gasteiger partial charge on any atom is 0.338 e. The fourth-order valence-corrected chi connectivity index (χ4v) is 6.99. The number of hydrogen-bond donors (Lipinski definition) is 1. The normalized spacial score (nSPS) is 22.6. The molecule has 0 saturated heterocycles. The van der Waals surface area contributed by atoms with E-state index in [0.29, 0.717) is 5.56 Å². The lowest BCUT2D eigenvalue weighted by Gasteiger charge is -2.44. The van der Waals surface area contributed by atoms with E-state index in [4.69, 9.17) is 9.41 Å². The van der Waals surface area contributed by atoms with Crippen molar-refractivity contribution in [2.45, 2.75) is 103 Å². The Morgan fingerprint density at radius 1 is 1.24 bits per heavy atom. The number of fused-ring (bicyclic) bond motifs is 1. The molecule has 2 aliphatic rings. The van der Waals surface area contributed by atoms with Gasteiger partial charge in [-0.15, -0.1) is 0 Å². The van der Waals surface area contributed by atoms with Crippen LogP contribution in [0.15, 0.2) is 0 Å². The summed E-state index contributed by atoms with van der Waals surface area (Å²) in [5, 5.41) is 10.2. The third kappa shape index (κ3) is 4.59. The molecular formula is C23H36INO3Si. The first kappa shape index (κ1) is 23.2. The Morgan fingerprint density at radius 2 is 1.83 bits per heavy atom. The predicted octanol–water partition coefficient (Wildman–Crippen LogP) is 7.08. The topological polar surface area (TPSA) is 59.4 Å². The number of aromatic carboxylic acids is 1. The molecule has 1 aromatic heterocycles. The molecule has 1 atom stereocenters. The van der Waals surface area contributed by atoms with E-state index in [9.17, 15) is 9.90 Å². The molecular weight excluding hydrogens is 493 g/mol. The van der Waals surface area contributed by atoms with Crippen molar-refractivity contribution in [1.29, 1.82) is 0 Å². The van der Waals surface area contributed by atoms with Gasteiger partial charge in [0.25, 0.3) is 0 Å². The summed E-state index contributed by atoms with van der Waals surface area (Å²) in [6, 6.07) is 0. The first-order valence-corrected chi connectivity index (χ1v) is 14.9. The minimum absolute atomic E-state index is 0.0789. The van der Waals surface area contributed by atoms with Gasteiger partial charge in [-0.1, -0.05) is 47.5 Å². The standard InChI is InChI=1S/C23H36INO3Si/c1-22(2,3)29(6,7)28-16-13-23(4,5)12-15-17(16)19(24)18(21(26)27)20(25-15)14-10-8-9-11-14/h14,16H,8-13H2,1-7H3,(H,26,27). The van der Waals surface area contributed by atoms with Gasteiger partial charge in [-0.2, -0.15) is 0 Å². The molecule has 0 spiro atoms. The van der Waals surface area contributed by atoms with Crippen molar-refractivity contribution in [3.8, 4) is 0 Å². The molecule has 0 radical (unpaired) electrons. The number of halogens is 1. The van der Waals surface area contributed by atoms with Crippen molar-refractivity contribution in [1.82, 2.24) is 4.98 Å². The minimum atomic E-state index is -2.01. The number of carbonyl (C=O) groups is 1. The van der Waals surface area contributed by atoms with Crippen molar-refractivity contribution < 1.29 is 14.3 Å². The Bertz CT molecular complexity index is 807. The van der Waals surface area contributed by atoms with Gasteiger partial charge < -0.3 is 9.53 Å². The molecule has 0 amide bonds. The predicted molar refractivity (Wildman–Crippen MR) is 128 cm³/mol. The second-order valence-corrected chi connectivity index (χ2v) is 17.1. The SMILES string of the molecule is CC1(C)Cc2nc(C3CCCC3)c(C(=O)O)c(I)c2C(O[Si](C)(C)C(C)(C)C)C1. The van der Waals surface area contributed by atoms with Crippen molar-refractivity contribution in [3.05, 3.63) is 26.1 Å². The number of carboxylic acid groups (broad SMARTS) is 1. The Balaban J connectivity index is 2.15. The van der Waals surface area contributed by atoms with Crippen LogP contribution < -0.4 is 0 Å². The Hall–Kier alpha value is -0.473. The number of nitrogens with zero attached hydrogens (tertiary/aromatic N) is 1. The van der Waals surface area contributed by atoms with Crippen LogP contribution in [0.2, 0.25) is 18.1 Å². The lowest BCUT2D eigenvalue weighted by Crippen LogP contribution is -2.44. The molecule has 162 valence electrons. The fraction of sp³-hybridized carbons (Fsp3) is 0.739. The minimum Gasteiger partial charge on any atom is -0.478 e. The summed E-state index contributed by atoms with van der Waals surface area (Å²) in [5.41, 5.74) is 3.46. The first-order valence-electron chi connectivity index (χ1n) is 10.9. The molecule has 1 fully saturated rings. The van der Waals surface area contributed by atoms with Crippen LogP contribution in [0.25, 0.3) is 0 Å². The molecule has 6 heteroatoms. The van der Waals surface area contributed by atoms with E-state index in [0.717, 1.165) is 46.2 Å². The molecule has 4 nitrogen and oxygen atoms in total. The zero-order chi connectivity index (χ0) is 21.8. The van der Waals surface area contributed by atoms with Crippen molar-refractivity contribution in [2.75, 3.05) is 0 Å². The zero-order valence-electron chi connectivity index (χ0n) is 19.0. The van der Waals surface area contributed by atoms with Crippen LogP contribution in [0.5, 0.6) is 0 Å². The van der Waals surface area contributed by atoms with Crippen molar-refractivity contribution in [2.24, 2.45) is 5.41 Å². The van der Waals surface area contributed by atoms with Crippen LogP contribution in [-0.2, 0) is 10.8 Å². The van der Waals surface area contributed by atoms with Gasteiger partial charge in [0.1, 0.15) is 0 Å². The van der Waals surface area contributed by atoms with E-state index >= 15 is 0 Å². The van der Waals surface area contributed by atoms with Crippen molar-refractivity contribution in [3.63, 3.8) is 0 Å². The highest BCUT2D eigenvalue weighted by Crippen LogP contribution is 2.49. The van der Waals surface area contributed by atoms with Crippen LogP contribution in [0.1, 0.15) is 106 Å². The molecule has 1 N–H and O–H groups in total. The molecule has 29 heavy (non-hydrogen) atoms. The summed E-state index contributed by atoms with van der Waals surface area (Å²) in [6.45, 7) is 15.9. The van der Waals surface area contributed by atoms with E-state index < -0.39 is 14.3 Å². The van der Waals surface area contributed by atoms with Gasteiger partial charge >= 0.3 is 5.97 Å². The number of carboxylic acids is 1. The highest BCUT2D eigenvalue weighted by Gasteiger charge is 2.44. The van der Waals surface area contributed by atoms with E-state index in [1.807, 2.05) is 0 Å². The molecule has 1 heterocycles. The highest BCUT2D eigenvalue weighted by atomic mass is 127. The highest BCUT2D eigenvalue weighted by molar-refractivity contribution is 14.1. The van der Waals surface area contributed by atoms with Gasteiger partial charge in [-0.3, -0.25) is 4.98 Å². The van der Waals surface area contributed by atoms with Gasteiger partial charge in [0.2, 0.25) is 0 Å². The summed E-state index contributed by atoms with van der Waals surface area (Å²) < 4.78 is 7.75. The van der Waals surface area contributed by atoms with Crippen LogP contribution in [0.4, 0.5) is 0 Å². The molecule has 0 bridgehead atoms. The molecule has 1 saturated carbocycles. The second-order valence-electron chi connectivity index (χ2n) is 11.2. The number of hydrogen-bond acceptors (Lipinski definition) is 3. The summed E-state index contributed by atoms with van der Waals surface area (Å²) in [4.78, 5) is 17.4. The third-order valence-electron chi connectivity index (χ3n) is 7.18. The van der Waals surface area contributed by atoms with E-state index in [1.54, 1.807) is 0 Å². The van der Waals surface area contributed by atoms with Crippen LogP contribution in [0.3, 0.4) is 0 Å². The summed E-state index contributed by atoms with van der Waals surface area (Å²) in [7, 11) is -2.01. The summed E-state index contributed by atoms with van der Waals surface area (Å²) in [6.07, 6.45) is 6.15. The Morgan fingerprint density at radius 3 is 2.34 bits per heavy atom. The van der Waals surface area contributed by atoms with Crippen molar-refractivity contribution >= 4 is 36.9 Å². The molecule has 2 aliphatic carbocycles. The van der Waals surface area contributed by atoms with E-state index in [1.165, 1.54) is 12.8 Å². The lowest BCUT2D eigenvalue weighted by molar-refractivity contribution is 0.0691. The molecule has 0 aromatic carbocycles. The molecule has 0 aliphatic heterocycles. The summed E-state index contributed by atoms with van der Waals surface area (Å²) >= 11 is 2.27.